The van der Waals surface area contributed by atoms with Gasteiger partial charge in [0.15, 0.2) is 5.69 Å². The molecule has 0 fully saturated rings. The van der Waals surface area contributed by atoms with Gasteiger partial charge in [0.1, 0.15) is 16.4 Å². The molecule has 4 heterocycles. The maximum Gasteiger partial charge on any atom is 0.435 e. The lowest BCUT2D eigenvalue weighted by Gasteiger charge is -2.08. The Hall–Kier alpha value is -3.87. The number of aryl methyl sites for hydroxylation is 1. The predicted molar refractivity (Wildman–Crippen MR) is 106 cm³/mol. The second-order valence-electron chi connectivity index (χ2n) is 6.62. The quantitative estimate of drug-likeness (QED) is 0.489. The van der Waals surface area contributed by atoms with Gasteiger partial charge >= 0.3 is 6.18 Å². The SMILES string of the molecule is Cn1nnc(-c2ccc(C(F)(F)F)nn2)c1Cn1ncc(-c2c[nH]c(=O)c(Cl)c2)cc1=O. The number of alkyl halides is 3. The van der Waals surface area contributed by atoms with Crippen LogP contribution in [0.5, 0.6) is 0 Å². The zero-order valence-electron chi connectivity index (χ0n) is 16.1. The summed E-state index contributed by atoms with van der Waals surface area (Å²) in [6, 6.07) is 4.63. The van der Waals surface area contributed by atoms with Crippen LogP contribution in [-0.2, 0) is 19.8 Å². The van der Waals surface area contributed by atoms with Crippen LogP contribution < -0.4 is 11.1 Å². The molecule has 0 unspecified atom stereocenters. The Kier molecular flexibility index (Phi) is 5.34. The van der Waals surface area contributed by atoms with Gasteiger partial charge in [-0.2, -0.15) is 18.3 Å². The molecule has 0 aliphatic carbocycles. The van der Waals surface area contributed by atoms with Crippen LogP contribution in [0.25, 0.3) is 22.5 Å². The first-order valence-corrected chi connectivity index (χ1v) is 9.27. The highest BCUT2D eigenvalue weighted by Crippen LogP contribution is 2.28. The molecule has 4 rings (SSSR count). The number of rotatable bonds is 4. The number of aromatic amines is 1. The summed E-state index contributed by atoms with van der Waals surface area (Å²) in [6.07, 6.45) is -1.81. The molecule has 0 aliphatic heterocycles. The molecule has 4 aromatic heterocycles. The highest BCUT2D eigenvalue weighted by atomic mass is 35.5. The van der Waals surface area contributed by atoms with E-state index in [4.69, 9.17) is 11.6 Å². The molecule has 0 saturated carbocycles. The molecule has 0 aliphatic rings. The Bertz CT molecular complexity index is 1410. The van der Waals surface area contributed by atoms with Crippen LogP contribution in [0.1, 0.15) is 11.4 Å². The second-order valence-corrected chi connectivity index (χ2v) is 7.02. The van der Waals surface area contributed by atoms with E-state index >= 15 is 0 Å². The number of pyridine rings is 1. The van der Waals surface area contributed by atoms with Gasteiger partial charge in [0, 0.05) is 30.4 Å². The Morgan fingerprint density at radius 3 is 2.50 bits per heavy atom. The summed E-state index contributed by atoms with van der Waals surface area (Å²) in [5.74, 6) is 0. The van der Waals surface area contributed by atoms with Crippen molar-refractivity contribution in [3.8, 4) is 22.5 Å². The maximum atomic E-state index is 12.7. The lowest BCUT2D eigenvalue weighted by Crippen LogP contribution is -2.24. The first-order chi connectivity index (χ1) is 15.1. The summed E-state index contributed by atoms with van der Waals surface area (Å²) < 4.78 is 40.7. The van der Waals surface area contributed by atoms with Crippen LogP contribution >= 0.6 is 11.6 Å². The minimum atomic E-state index is -4.62. The minimum Gasteiger partial charge on any atom is -0.327 e. The van der Waals surface area contributed by atoms with Crippen molar-refractivity contribution in [2.24, 2.45) is 7.05 Å². The van der Waals surface area contributed by atoms with Crippen molar-refractivity contribution in [3.05, 3.63) is 73.8 Å². The van der Waals surface area contributed by atoms with Gasteiger partial charge < -0.3 is 4.98 Å². The summed E-state index contributed by atoms with van der Waals surface area (Å²) in [6.45, 7) is -0.0764. The zero-order chi connectivity index (χ0) is 23.0. The maximum absolute atomic E-state index is 12.7. The van der Waals surface area contributed by atoms with Crippen LogP contribution in [0, 0.1) is 0 Å². The fraction of sp³-hybridized carbons (Fsp3) is 0.167. The molecule has 0 spiro atoms. The van der Waals surface area contributed by atoms with Gasteiger partial charge in [-0.05, 0) is 18.2 Å². The Morgan fingerprint density at radius 1 is 1.09 bits per heavy atom. The standard InChI is InChI=1S/C18H12ClF3N8O2/c1-29-13(16(27-28-29)12-2-3-14(26-25-12)18(20,21)22)8-30-15(31)5-10(7-24-30)9-4-11(19)17(32)23-6-9/h2-7H,8H2,1H3,(H,23,32). The van der Waals surface area contributed by atoms with E-state index in [9.17, 15) is 22.8 Å². The van der Waals surface area contributed by atoms with E-state index in [1.54, 1.807) is 7.05 Å². The van der Waals surface area contributed by atoms with Crippen molar-refractivity contribution in [3.63, 3.8) is 0 Å². The average Bonchev–Trinajstić information content (AvgIpc) is 3.11. The third-order valence-electron chi connectivity index (χ3n) is 4.50. The van der Waals surface area contributed by atoms with Crippen LogP contribution in [0.4, 0.5) is 13.2 Å². The molecule has 14 heteroatoms. The number of halogens is 4. The summed E-state index contributed by atoms with van der Waals surface area (Å²) in [5.41, 5.74) is -0.533. The van der Waals surface area contributed by atoms with E-state index in [2.05, 4.69) is 30.6 Å². The van der Waals surface area contributed by atoms with Crippen molar-refractivity contribution in [1.29, 1.82) is 0 Å². The molecule has 32 heavy (non-hydrogen) atoms. The fourth-order valence-corrected chi connectivity index (χ4v) is 3.01. The van der Waals surface area contributed by atoms with E-state index in [-0.39, 0.29) is 23.0 Å². The third kappa shape index (κ3) is 4.14. The van der Waals surface area contributed by atoms with Gasteiger partial charge in [0.2, 0.25) is 0 Å². The normalized spacial score (nSPS) is 11.7. The van der Waals surface area contributed by atoms with E-state index in [0.717, 1.165) is 16.8 Å². The lowest BCUT2D eigenvalue weighted by molar-refractivity contribution is -0.141. The van der Waals surface area contributed by atoms with Gasteiger partial charge in [-0.1, -0.05) is 16.8 Å². The number of nitrogens with zero attached hydrogens (tertiary/aromatic N) is 7. The van der Waals surface area contributed by atoms with Crippen LogP contribution in [0.2, 0.25) is 5.02 Å². The average molecular weight is 465 g/mol. The largest absolute Gasteiger partial charge is 0.435 e. The highest BCUT2D eigenvalue weighted by molar-refractivity contribution is 6.30. The molecule has 0 aromatic carbocycles. The summed E-state index contributed by atoms with van der Waals surface area (Å²) in [7, 11) is 1.56. The predicted octanol–water partition coefficient (Wildman–Crippen LogP) is 1.90. The van der Waals surface area contributed by atoms with Gasteiger partial charge in [0.25, 0.3) is 11.1 Å². The minimum absolute atomic E-state index is 0.0325. The van der Waals surface area contributed by atoms with E-state index in [0.29, 0.717) is 16.8 Å². The topological polar surface area (TPSA) is 124 Å². The first-order valence-electron chi connectivity index (χ1n) is 8.89. The third-order valence-corrected chi connectivity index (χ3v) is 4.78. The molecule has 1 N–H and O–H groups in total. The number of hydrogen-bond donors (Lipinski definition) is 1. The lowest BCUT2D eigenvalue weighted by atomic mass is 10.1. The second kappa shape index (κ2) is 8.00. The Morgan fingerprint density at radius 2 is 1.88 bits per heavy atom. The van der Waals surface area contributed by atoms with Crippen molar-refractivity contribution < 1.29 is 13.2 Å². The zero-order valence-corrected chi connectivity index (χ0v) is 16.9. The van der Waals surface area contributed by atoms with Crippen LogP contribution in [0.3, 0.4) is 0 Å². The molecule has 10 nitrogen and oxygen atoms in total. The molecule has 164 valence electrons. The van der Waals surface area contributed by atoms with Crippen molar-refractivity contribution >= 4 is 11.6 Å². The van der Waals surface area contributed by atoms with Crippen molar-refractivity contribution in [2.75, 3.05) is 0 Å². The number of H-pyrrole nitrogens is 1. The van der Waals surface area contributed by atoms with Crippen LogP contribution in [0.15, 0.2) is 46.2 Å². The fourth-order valence-electron chi connectivity index (χ4n) is 2.84. The van der Waals surface area contributed by atoms with Gasteiger partial charge in [-0.25, -0.2) is 9.36 Å². The summed E-state index contributed by atoms with van der Waals surface area (Å²) in [5, 5.41) is 18.6. The molecule has 0 saturated heterocycles. The molecular formula is C18H12ClF3N8O2. The van der Waals surface area contributed by atoms with E-state index in [1.165, 1.54) is 29.2 Å². The molecular weight excluding hydrogens is 453 g/mol. The number of aromatic nitrogens is 8. The number of hydrogen-bond acceptors (Lipinski definition) is 7. The number of nitrogens with one attached hydrogen (secondary N) is 1. The van der Waals surface area contributed by atoms with Gasteiger partial charge in [-0.15, -0.1) is 15.3 Å². The molecule has 4 aromatic rings. The molecule has 0 atom stereocenters. The Balaban J connectivity index is 1.65. The van der Waals surface area contributed by atoms with Crippen molar-refractivity contribution in [1.82, 2.24) is 40.0 Å². The molecule has 0 bridgehead atoms. The summed E-state index contributed by atoms with van der Waals surface area (Å²) in [4.78, 5) is 26.5. The smallest absolute Gasteiger partial charge is 0.327 e. The highest BCUT2D eigenvalue weighted by Gasteiger charge is 2.33. The van der Waals surface area contributed by atoms with E-state index in [1.807, 2.05) is 0 Å². The Labute approximate surface area is 181 Å². The molecule has 0 amide bonds. The monoisotopic (exact) mass is 464 g/mol. The molecule has 0 radical (unpaired) electrons. The van der Waals surface area contributed by atoms with Gasteiger partial charge in [-0.3, -0.25) is 9.59 Å². The first kappa shape index (κ1) is 21.4. The van der Waals surface area contributed by atoms with Crippen LogP contribution in [-0.4, -0.2) is 40.0 Å². The van der Waals surface area contributed by atoms with Gasteiger partial charge in [0.05, 0.1) is 18.4 Å². The van der Waals surface area contributed by atoms with Crippen molar-refractivity contribution in [2.45, 2.75) is 12.7 Å². The summed E-state index contributed by atoms with van der Waals surface area (Å²) >= 11 is 5.82. The van der Waals surface area contributed by atoms with E-state index < -0.39 is 23.0 Å².